The minimum atomic E-state index is -3.32. The number of nitrogens with two attached hydrogens (primary N) is 1. The molecule has 1 aromatic carbocycles. The molecule has 0 spiro atoms. The highest BCUT2D eigenvalue weighted by Gasteiger charge is 2.22. The largest absolute Gasteiger partial charge is 0.493 e. The molecule has 1 fully saturated rings. The van der Waals surface area contributed by atoms with Crippen LogP contribution in [0.4, 0.5) is 11.4 Å². The fourth-order valence-electron chi connectivity index (χ4n) is 1.56. The number of nitrogens with zero attached hydrogens (tertiary/aromatic N) is 1. The quantitative estimate of drug-likeness (QED) is 0.822. The predicted molar refractivity (Wildman–Crippen MR) is 72.3 cm³/mol. The summed E-state index contributed by atoms with van der Waals surface area (Å²) in [5, 5.41) is 0. The van der Waals surface area contributed by atoms with Crippen molar-refractivity contribution in [3.05, 3.63) is 18.2 Å². The first-order valence-electron chi connectivity index (χ1n) is 5.84. The molecule has 0 aliphatic heterocycles. The molecule has 0 radical (unpaired) electrons. The Morgan fingerprint density at radius 3 is 2.67 bits per heavy atom. The molecule has 2 N–H and O–H groups in total. The van der Waals surface area contributed by atoms with Crippen molar-refractivity contribution in [2.75, 3.05) is 29.9 Å². The van der Waals surface area contributed by atoms with Gasteiger partial charge in [-0.3, -0.25) is 4.31 Å². The van der Waals surface area contributed by atoms with Crippen LogP contribution in [0.5, 0.6) is 5.75 Å². The maximum Gasteiger partial charge on any atom is 0.232 e. The fraction of sp³-hybridized carbons (Fsp3) is 0.500. The van der Waals surface area contributed by atoms with Gasteiger partial charge in [0.25, 0.3) is 0 Å². The number of ether oxygens (including phenoxy) is 1. The van der Waals surface area contributed by atoms with Crippen LogP contribution in [-0.4, -0.2) is 28.3 Å². The number of hydrogen-bond acceptors (Lipinski definition) is 4. The summed E-state index contributed by atoms with van der Waals surface area (Å²) >= 11 is 0. The van der Waals surface area contributed by atoms with Gasteiger partial charge in [0.2, 0.25) is 10.0 Å². The van der Waals surface area contributed by atoms with E-state index >= 15 is 0 Å². The van der Waals surface area contributed by atoms with Gasteiger partial charge < -0.3 is 10.5 Å². The van der Waals surface area contributed by atoms with E-state index in [2.05, 4.69) is 0 Å². The Hall–Kier alpha value is -1.43. The van der Waals surface area contributed by atoms with Crippen molar-refractivity contribution in [2.24, 2.45) is 5.92 Å². The smallest absolute Gasteiger partial charge is 0.232 e. The number of rotatable bonds is 5. The summed E-state index contributed by atoms with van der Waals surface area (Å²) in [4.78, 5) is 0. The van der Waals surface area contributed by atoms with Crippen LogP contribution in [0.3, 0.4) is 0 Å². The second kappa shape index (κ2) is 4.68. The Kier molecular flexibility index (Phi) is 3.38. The molecular formula is C12H18N2O3S. The molecule has 0 aromatic heterocycles. The second-order valence-electron chi connectivity index (χ2n) is 4.71. The Morgan fingerprint density at radius 2 is 2.11 bits per heavy atom. The Balaban J connectivity index is 2.19. The topological polar surface area (TPSA) is 72.6 Å². The summed E-state index contributed by atoms with van der Waals surface area (Å²) in [5.41, 5.74) is 6.66. The van der Waals surface area contributed by atoms with Gasteiger partial charge in [-0.25, -0.2) is 8.42 Å². The van der Waals surface area contributed by atoms with Crippen molar-refractivity contribution in [3.8, 4) is 5.75 Å². The van der Waals surface area contributed by atoms with E-state index in [0.717, 1.165) is 10.6 Å². The van der Waals surface area contributed by atoms with Gasteiger partial charge in [0.05, 0.1) is 24.2 Å². The summed E-state index contributed by atoms with van der Waals surface area (Å²) in [6, 6.07) is 5.09. The Bertz CT molecular complexity index is 538. The van der Waals surface area contributed by atoms with Gasteiger partial charge in [0.1, 0.15) is 5.75 Å². The van der Waals surface area contributed by atoms with Gasteiger partial charge >= 0.3 is 0 Å². The van der Waals surface area contributed by atoms with Crippen LogP contribution in [0.2, 0.25) is 0 Å². The van der Waals surface area contributed by atoms with Gasteiger partial charge in [-0.05, 0) is 30.9 Å². The third-order valence-corrected chi connectivity index (χ3v) is 4.21. The highest BCUT2D eigenvalue weighted by atomic mass is 32.2. The lowest BCUT2D eigenvalue weighted by molar-refractivity contribution is 0.300. The summed E-state index contributed by atoms with van der Waals surface area (Å²) in [6.45, 7) is 0.686. The third kappa shape index (κ3) is 3.07. The molecule has 1 aromatic rings. The zero-order valence-electron chi connectivity index (χ0n) is 10.6. The average Bonchev–Trinajstić information content (AvgIpc) is 3.09. The first kappa shape index (κ1) is 13.0. The molecular weight excluding hydrogens is 252 g/mol. The zero-order chi connectivity index (χ0) is 13.3. The molecule has 0 amide bonds. The first-order chi connectivity index (χ1) is 8.38. The second-order valence-corrected chi connectivity index (χ2v) is 6.72. The fourth-order valence-corrected chi connectivity index (χ4v) is 2.08. The normalized spacial score (nSPS) is 15.4. The predicted octanol–water partition coefficient (Wildman–Crippen LogP) is 1.45. The molecule has 18 heavy (non-hydrogen) atoms. The number of hydrogen-bond donors (Lipinski definition) is 1. The van der Waals surface area contributed by atoms with Crippen LogP contribution in [0.1, 0.15) is 12.8 Å². The van der Waals surface area contributed by atoms with Crippen LogP contribution >= 0.6 is 0 Å². The maximum atomic E-state index is 11.5. The molecule has 6 heteroatoms. The van der Waals surface area contributed by atoms with Crippen molar-refractivity contribution < 1.29 is 13.2 Å². The molecule has 1 aliphatic rings. The summed E-state index contributed by atoms with van der Waals surface area (Å²) in [5.74, 6) is 1.31. The summed E-state index contributed by atoms with van der Waals surface area (Å²) < 4.78 is 29.8. The first-order valence-corrected chi connectivity index (χ1v) is 7.69. The van der Waals surface area contributed by atoms with E-state index in [9.17, 15) is 8.42 Å². The molecule has 0 heterocycles. The summed E-state index contributed by atoms with van der Waals surface area (Å²) in [6.07, 6.45) is 3.57. The van der Waals surface area contributed by atoms with Gasteiger partial charge in [0, 0.05) is 13.1 Å². The lowest BCUT2D eigenvalue weighted by atomic mass is 10.2. The minimum Gasteiger partial charge on any atom is -0.493 e. The van der Waals surface area contributed by atoms with Crippen LogP contribution in [0.15, 0.2) is 18.2 Å². The number of benzene rings is 1. The maximum absolute atomic E-state index is 11.5. The van der Waals surface area contributed by atoms with E-state index in [1.54, 1.807) is 18.2 Å². The molecule has 2 rings (SSSR count). The van der Waals surface area contributed by atoms with Crippen molar-refractivity contribution in [1.82, 2.24) is 0 Å². The lowest BCUT2D eigenvalue weighted by Gasteiger charge is -2.19. The van der Waals surface area contributed by atoms with E-state index in [1.165, 1.54) is 19.9 Å². The molecule has 0 bridgehead atoms. The molecule has 1 saturated carbocycles. The Labute approximate surface area is 108 Å². The van der Waals surface area contributed by atoms with E-state index in [4.69, 9.17) is 10.5 Å². The lowest BCUT2D eigenvalue weighted by Crippen LogP contribution is -2.25. The number of nitrogen functional groups attached to an aromatic ring is 1. The van der Waals surface area contributed by atoms with Crippen LogP contribution in [0.25, 0.3) is 0 Å². The van der Waals surface area contributed by atoms with Crippen LogP contribution < -0.4 is 14.8 Å². The van der Waals surface area contributed by atoms with Crippen molar-refractivity contribution >= 4 is 21.4 Å². The van der Waals surface area contributed by atoms with Gasteiger partial charge in [-0.1, -0.05) is 0 Å². The van der Waals surface area contributed by atoms with E-state index in [-0.39, 0.29) is 0 Å². The number of anilines is 2. The highest BCUT2D eigenvalue weighted by molar-refractivity contribution is 7.92. The van der Waals surface area contributed by atoms with E-state index < -0.39 is 10.0 Å². The van der Waals surface area contributed by atoms with Gasteiger partial charge in [-0.2, -0.15) is 0 Å². The molecule has 1 aliphatic carbocycles. The average molecular weight is 270 g/mol. The van der Waals surface area contributed by atoms with Gasteiger partial charge in [0.15, 0.2) is 0 Å². The molecule has 100 valence electrons. The summed E-state index contributed by atoms with van der Waals surface area (Å²) in [7, 11) is -1.84. The van der Waals surface area contributed by atoms with Gasteiger partial charge in [-0.15, -0.1) is 0 Å². The monoisotopic (exact) mass is 270 g/mol. The SMILES string of the molecule is CN(c1cc(OCC2CC2)ccc1N)S(C)(=O)=O. The third-order valence-electron chi connectivity index (χ3n) is 3.02. The highest BCUT2D eigenvalue weighted by Crippen LogP contribution is 2.32. The van der Waals surface area contributed by atoms with Crippen molar-refractivity contribution in [2.45, 2.75) is 12.8 Å². The molecule has 0 saturated heterocycles. The van der Waals surface area contributed by atoms with Crippen LogP contribution in [-0.2, 0) is 10.0 Å². The zero-order valence-corrected chi connectivity index (χ0v) is 11.4. The molecule has 0 unspecified atom stereocenters. The van der Waals surface area contributed by atoms with Crippen LogP contribution in [0, 0.1) is 5.92 Å². The number of sulfonamides is 1. The van der Waals surface area contributed by atoms with Crippen molar-refractivity contribution in [1.29, 1.82) is 0 Å². The standard InChI is InChI=1S/C12H18N2O3S/c1-14(18(2,15)16)12-7-10(5-6-11(12)13)17-8-9-3-4-9/h5-7,9H,3-4,8,13H2,1-2H3. The van der Waals surface area contributed by atoms with E-state index in [0.29, 0.717) is 29.6 Å². The van der Waals surface area contributed by atoms with Crippen molar-refractivity contribution in [3.63, 3.8) is 0 Å². The molecule has 5 nitrogen and oxygen atoms in total. The molecule has 0 atom stereocenters. The van der Waals surface area contributed by atoms with E-state index in [1.807, 2.05) is 0 Å². The Morgan fingerprint density at radius 1 is 1.44 bits per heavy atom. The minimum absolute atomic E-state index is 0.418.